The van der Waals surface area contributed by atoms with Gasteiger partial charge < -0.3 is 0 Å². The van der Waals surface area contributed by atoms with Crippen LogP contribution in [0.5, 0.6) is 0 Å². The SMILES string of the molecule is CCC/C=C\C(C)(C)C. The van der Waals surface area contributed by atoms with E-state index in [-0.39, 0.29) is 0 Å². The second-order valence-electron chi connectivity index (χ2n) is 3.56. The number of hydrogen-bond donors (Lipinski definition) is 0. The molecule has 0 N–H and O–H groups in total. The average molecular weight is 126 g/mol. The molecular weight excluding hydrogens is 108 g/mol. The van der Waals surface area contributed by atoms with E-state index in [4.69, 9.17) is 0 Å². The number of hydrogen-bond acceptors (Lipinski definition) is 0. The van der Waals surface area contributed by atoms with E-state index in [1.54, 1.807) is 0 Å². The van der Waals surface area contributed by atoms with E-state index < -0.39 is 0 Å². The van der Waals surface area contributed by atoms with Crippen LogP contribution in [0.1, 0.15) is 40.5 Å². The van der Waals surface area contributed by atoms with Crippen LogP contribution in [0.25, 0.3) is 0 Å². The predicted octanol–water partition coefficient (Wildman–Crippen LogP) is 3.39. The molecule has 0 aliphatic heterocycles. The van der Waals surface area contributed by atoms with Gasteiger partial charge in [0.1, 0.15) is 0 Å². The minimum absolute atomic E-state index is 0.370. The van der Waals surface area contributed by atoms with Crippen molar-refractivity contribution >= 4 is 0 Å². The number of rotatable bonds is 2. The van der Waals surface area contributed by atoms with Crippen LogP contribution in [0.15, 0.2) is 12.2 Å². The molecule has 0 aliphatic rings. The normalized spacial score (nSPS) is 12.9. The van der Waals surface area contributed by atoms with E-state index in [9.17, 15) is 0 Å². The molecule has 0 aromatic rings. The highest BCUT2D eigenvalue weighted by Gasteiger charge is 2.01. The van der Waals surface area contributed by atoms with Gasteiger partial charge in [-0.25, -0.2) is 0 Å². The van der Waals surface area contributed by atoms with Crippen molar-refractivity contribution in [1.29, 1.82) is 0 Å². The van der Waals surface area contributed by atoms with Crippen molar-refractivity contribution < 1.29 is 0 Å². The van der Waals surface area contributed by atoms with Crippen LogP contribution in [0.4, 0.5) is 0 Å². The highest BCUT2D eigenvalue weighted by Crippen LogP contribution is 2.14. The third-order valence-corrected chi connectivity index (χ3v) is 1.07. The fourth-order valence-corrected chi connectivity index (χ4v) is 0.604. The third kappa shape index (κ3) is 7.74. The van der Waals surface area contributed by atoms with E-state index >= 15 is 0 Å². The Bertz CT molecular complexity index is 82.7. The zero-order valence-corrected chi connectivity index (χ0v) is 7.07. The van der Waals surface area contributed by atoms with Crippen LogP contribution in [-0.2, 0) is 0 Å². The molecule has 0 saturated carbocycles. The first-order valence-corrected chi connectivity index (χ1v) is 3.74. The minimum atomic E-state index is 0.370. The molecule has 0 aliphatic carbocycles. The monoisotopic (exact) mass is 126 g/mol. The molecule has 0 aromatic heterocycles. The van der Waals surface area contributed by atoms with E-state index in [1.165, 1.54) is 12.8 Å². The van der Waals surface area contributed by atoms with Crippen LogP contribution in [0.2, 0.25) is 0 Å². The van der Waals surface area contributed by atoms with Crippen molar-refractivity contribution in [3.8, 4) is 0 Å². The minimum Gasteiger partial charge on any atom is -0.0880 e. The molecule has 54 valence electrons. The fourth-order valence-electron chi connectivity index (χ4n) is 0.604. The average Bonchev–Trinajstić information content (AvgIpc) is 1.63. The molecule has 0 aromatic carbocycles. The quantitative estimate of drug-likeness (QED) is 0.497. The van der Waals surface area contributed by atoms with Crippen molar-refractivity contribution in [1.82, 2.24) is 0 Å². The molecule has 0 heteroatoms. The Labute approximate surface area is 59.0 Å². The van der Waals surface area contributed by atoms with Crippen molar-refractivity contribution in [2.24, 2.45) is 5.41 Å². The van der Waals surface area contributed by atoms with E-state index in [0.717, 1.165) is 0 Å². The lowest BCUT2D eigenvalue weighted by Gasteiger charge is -2.10. The second-order valence-corrected chi connectivity index (χ2v) is 3.56. The van der Waals surface area contributed by atoms with Crippen LogP contribution >= 0.6 is 0 Å². The molecule has 0 fully saturated rings. The van der Waals surface area contributed by atoms with Gasteiger partial charge in [0.15, 0.2) is 0 Å². The van der Waals surface area contributed by atoms with Crippen molar-refractivity contribution in [3.63, 3.8) is 0 Å². The summed E-state index contributed by atoms with van der Waals surface area (Å²) in [5, 5.41) is 0. The Balaban J connectivity index is 3.45. The molecule has 0 rings (SSSR count). The standard InChI is InChI=1S/C9H18/c1-5-6-7-8-9(2,3)4/h7-8H,5-6H2,1-4H3/b8-7-. The lowest BCUT2D eigenvalue weighted by molar-refractivity contribution is 0.542. The maximum absolute atomic E-state index is 2.27. The molecule has 0 saturated heterocycles. The molecule has 0 nitrogen and oxygen atoms in total. The summed E-state index contributed by atoms with van der Waals surface area (Å²) in [5.41, 5.74) is 0.370. The lowest BCUT2D eigenvalue weighted by atomic mass is 9.96. The maximum atomic E-state index is 2.27. The second kappa shape index (κ2) is 3.71. The lowest BCUT2D eigenvalue weighted by Crippen LogP contribution is -1.97. The van der Waals surface area contributed by atoms with Gasteiger partial charge in [0, 0.05) is 0 Å². The predicted molar refractivity (Wildman–Crippen MR) is 43.5 cm³/mol. The number of allylic oxidation sites excluding steroid dienone is 2. The van der Waals surface area contributed by atoms with Crippen molar-refractivity contribution in [2.75, 3.05) is 0 Å². The highest BCUT2D eigenvalue weighted by atomic mass is 14.1. The fraction of sp³-hybridized carbons (Fsp3) is 0.778. The van der Waals surface area contributed by atoms with Gasteiger partial charge >= 0.3 is 0 Å². The van der Waals surface area contributed by atoms with Gasteiger partial charge in [-0.15, -0.1) is 0 Å². The van der Waals surface area contributed by atoms with E-state index in [0.29, 0.717) is 5.41 Å². The smallest absolute Gasteiger partial charge is 0.0203 e. The first kappa shape index (κ1) is 8.74. The topological polar surface area (TPSA) is 0 Å². The summed E-state index contributed by atoms with van der Waals surface area (Å²) in [4.78, 5) is 0. The molecule has 0 heterocycles. The molecular formula is C9H18. The summed E-state index contributed by atoms with van der Waals surface area (Å²) < 4.78 is 0. The third-order valence-electron chi connectivity index (χ3n) is 1.07. The first-order chi connectivity index (χ1) is 4.06. The Kier molecular flexibility index (Phi) is 3.60. The molecule has 9 heavy (non-hydrogen) atoms. The highest BCUT2D eigenvalue weighted by molar-refractivity contribution is 4.91. The van der Waals surface area contributed by atoms with Crippen LogP contribution < -0.4 is 0 Å². The molecule has 0 amide bonds. The first-order valence-electron chi connectivity index (χ1n) is 3.74. The van der Waals surface area contributed by atoms with E-state index in [2.05, 4.69) is 39.8 Å². The van der Waals surface area contributed by atoms with Gasteiger partial charge in [-0.2, -0.15) is 0 Å². The number of unbranched alkanes of at least 4 members (excludes halogenated alkanes) is 1. The van der Waals surface area contributed by atoms with Crippen LogP contribution in [0, 0.1) is 5.41 Å². The molecule has 0 spiro atoms. The van der Waals surface area contributed by atoms with Crippen molar-refractivity contribution in [2.45, 2.75) is 40.5 Å². The van der Waals surface area contributed by atoms with E-state index in [1.807, 2.05) is 0 Å². The largest absolute Gasteiger partial charge is 0.0880 e. The summed E-state index contributed by atoms with van der Waals surface area (Å²) in [6.45, 7) is 8.87. The molecule has 0 radical (unpaired) electrons. The van der Waals surface area contributed by atoms with Gasteiger partial charge in [0.25, 0.3) is 0 Å². The summed E-state index contributed by atoms with van der Waals surface area (Å²) in [6.07, 6.45) is 7.01. The van der Waals surface area contributed by atoms with Crippen LogP contribution in [0.3, 0.4) is 0 Å². The zero-order valence-electron chi connectivity index (χ0n) is 7.07. The Morgan fingerprint density at radius 2 is 1.78 bits per heavy atom. The summed E-state index contributed by atoms with van der Waals surface area (Å²) in [6, 6.07) is 0. The van der Waals surface area contributed by atoms with Crippen LogP contribution in [-0.4, -0.2) is 0 Å². The zero-order chi connectivity index (χ0) is 7.33. The maximum Gasteiger partial charge on any atom is -0.0203 e. The Morgan fingerprint density at radius 1 is 1.22 bits per heavy atom. The van der Waals surface area contributed by atoms with Gasteiger partial charge in [-0.1, -0.05) is 46.3 Å². The molecule has 0 bridgehead atoms. The van der Waals surface area contributed by atoms with Crippen molar-refractivity contribution in [3.05, 3.63) is 12.2 Å². The Hall–Kier alpha value is -0.260. The summed E-state index contributed by atoms with van der Waals surface area (Å²) in [7, 11) is 0. The molecule has 0 unspecified atom stereocenters. The summed E-state index contributed by atoms with van der Waals surface area (Å²) in [5.74, 6) is 0. The van der Waals surface area contributed by atoms with Gasteiger partial charge in [0.2, 0.25) is 0 Å². The van der Waals surface area contributed by atoms with Gasteiger partial charge in [0.05, 0.1) is 0 Å². The molecule has 0 atom stereocenters. The van der Waals surface area contributed by atoms with Gasteiger partial charge in [-0.3, -0.25) is 0 Å². The summed E-state index contributed by atoms with van der Waals surface area (Å²) >= 11 is 0. The Morgan fingerprint density at radius 3 is 2.11 bits per heavy atom. The van der Waals surface area contributed by atoms with Gasteiger partial charge in [-0.05, 0) is 11.8 Å².